The molecule has 0 saturated heterocycles. The molecule has 0 spiro atoms. The second kappa shape index (κ2) is 5.65. The van der Waals surface area contributed by atoms with Gasteiger partial charge in [0.05, 0.1) is 6.61 Å². The van der Waals surface area contributed by atoms with Crippen LogP contribution < -0.4 is 4.90 Å². The van der Waals surface area contributed by atoms with Gasteiger partial charge in [-0.3, -0.25) is 0 Å². The van der Waals surface area contributed by atoms with E-state index < -0.39 is 0 Å². The van der Waals surface area contributed by atoms with Gasteiger partial charge >= 0.3 is 0 Å². The van der Waals surface area contributed by atoms with Crippen molar-refractivity contribution in [1.29, 1.82) is 0 Å². The Kier molecular flexibility index (Phi) is 4.48. The summed E-state index contributed by atoms with van der Waals surface area (Å²) in [7, 11) is 1.81. The van der Waals surface area contributed by atoms with Gasteiger partial charge < -0.3 is 10.0 Å². The maximum absolute atomic E-state index is 9.05. The van der Waals surface area contributed by atoms with E-state index in [-0.39, 0.29) is 6.61 Å². The standard InChI is InChI=1S/C9H19N5O/c1-4-8(5-2)14(6-7-15)9-10-11-12-13(9)3/h8,15H,4-7H2,1-3H3. The highest BCUT2D eigenvalue weighted by Gasteiger charge is 2.19. The molecule has 0 unspecified atom stereocenters. The number of aromatic nitrogens is 4. The van der Waals surface area contributed by atoms with Gasteiger partial charge in [-0.1, -0.05) is 18.9 Å². The van der Waals surface area contributed by atoms with E-state index in [1.54, 1.807) is 4.68 Å². The average molecular weight is 213 g/mol. The molecule has 1 aromatic rings. The van der Waals surface area contributed by atoms with E-state index in [1.807, 2.05) is 7.05 Å². The van der Waals surface area contributed by atoms with Gasteiger partial charge in [-0.25, -0.2) is 4.68 Å². The third-order valence-electron chi connectivity index (χ3n) is 2.58. The minimum absolute atomic E-state index is 0.114. The number of hydrogen-bond donors (Lipinski definition) is 1. The number of aliphatic hydroxyl groups excluding tert-OH is 1. The summed E-state index contributed by atoms with van der Waals surface area (Å²) in [6.07, 6.45) is 2.03. The highest BCUT2D eigenvalue weighted by atomic mass is 16.3. The summed E-state index contributed by atoms with van der Waals surface area (Å²) < 4.78 is 1.63. The lowest BCUT2D eigenvalue weighted by Crippen LogP contribution is -2.38. The van der Waals surface area contributed by atoms with Gasteiger partial charge in [0.25, 0.3) is 0 Å². The van der Waals surface area contributed by atoms with Gasteiger partial charge in [0.1, 0.15) is 0 Å². The van der Waals surface area contributed by atoms with Gasteiger partial charge in [-0.05, 0) is 23.3 Å². The van der Waals surface area contributed by atoms with E-state index in [4.69, 9.17) is 5.11 Å². The molecule has 0 atom stereocenters. The van der Waals surface area contributed by atoms with Crippen molar-refractivity contribution in [2.75, 3.05) is 18.1 Å². The summed E-state index contributed by atoms with van der Waals surface area (Å²) in [4.78, 5) is 2.06. The molecule has 0 aliphatic heterocycles. The zero-order chi connectivity index (χ0) is 11.3. The lowest BCUT2D eigenvalue weighted by atomic mass is 10.1. The molecule has 86 valence electrons. The molecule has 0 fully saturated rings. The molecule has 15 heavy (non-hydrogen) atoms. The second-order valence-corrected chi connectivity index (χ2v) is 3.49. The summed E-state index contributed by atoms with van der Waals surface area (Å²) in [6.45, 7) is 4.94. The fourth-order valence-electron chi connectivity index (χ4n) is 1.75. The fourth-order valence-corrected chi connectivity index (χ4v) is 1.75. The van der Waals surface area contributed by atoms with Crippen molar-refractivity contribution >= 4 is 5.95 Å². The quantitative estimate of drug-likeness (QED) is 0.731. The van der Waals surface area contributed by atoms with E-state index in [9.17, 15) is 0 Å². The molecule has 1 N–H and O–H groups in total. The molecular formula is C9H19N5O. The van der Waals surface area contributed by atoms with Crippen molar-refractivity contribution in [2.24, 2.45) is 7.05 Å². The van der Waals surface area contributed by atoms with Gasteiger partial charge in [-0.2, -0.15) is 0 Å². The maximum atomic E-state index is 9.05. The number of hydrogen-bond acceptors (Lipinski definition) is 5. The Balaban J connectivity index is 2.86. The molecule has 6 heteroatoms. The first kappa shape index (κ1) is 11.9. The monoisotopic (exact) mass is 213 g/mol. The molecular weight excluding hydrogens is 194 g/mol. The van der Waals surface area contributed by atoms with Crippen molar-refractivity contribution in [3.63, 3.8) is 0 Å². The van der Waals surface area contributed by atoms with Crippen LogP contribution in [0.1, 0.15) is 26.7 Å². The number of rotatable bonds is 6. The minimum atomic E-state index is 0.114. The highest BCUT2D eigenvalue weighted by molar-refractivity contribution is 5.29. The smallest absolute Gasteiger partial charge is 0.245 e. The third kappa shape index (κ3) is 2.65. The Morgan fingerprint density at radius 1 is 1.40 bits per heavy atom. The number of anilines is 1. The zero-order valence-electron chi connectivity index (χ0n) is 9.59. The second-order valence-electron chi connectivity index (χ2n) is 3.49. The van der Waals surface area contributed by atoms with Crippen LogP contribution in [-0.4, -0.2) is 44.5 Å². The molecule has 0 bridgehead atoms. The fraction of sp³-hybridized carbons (Fsp3) is 0.889. The summed E-state index contributed by atoms with van der Waals surface area (Å²) in [6, 6.07) is 0.377. The lowest BCUT2D eigenvalue weighted by Gasteiger charge is -2.29. The van der Waals surface area contributed by atoms with Crippen LogP contribution in [0.5, 0.6) is 0 Å². The van der Waals surface area contributed by atoms with Crippen LogP contribution in [0.4, 0.5) is 5.95 Å². The van der Waals surface area contributed by atoms with Crippen LogP contribution in [0.3, 0.4) is 0 Å². The maximum Gasteiger partial charge on any atom is 0.245 e. The van der Waals surface area contributed by atoms with Crippen molar-refractivity contribution in [3.8, 4) is 0 Å². The van der Waals surface area contributed by atoms with Crippen LogP contribution in [0.2, 0.25) is 0 Å². The van der Waals surface area contributed by atoms with Crippen molar-refractivity contribution < 1.29 is 5.11 Å². The summed E-state index contributed by atoms with van der Waals surface area (Å²) >= 11 is 0. The largest absolute Gasteiger partial charge is 0.395 e. The number of aryl methyl sites for hydroxylation is 1. The number of aliphatic hydroxyl groups is 1. The predicted molar refractivity (Wildman–Crippen MR) is 57.6 cm³/mol. The molecule has 0 aliphatic carbocycles. The average Bonchev–Trinajstić information content (AvgIpc) is 2.65. The Labute approximate surface area is 89.9 Å². The van der Waals surface area contributed by atoms with E-state index in [0.717, 1.165) is 18.8 Å². The van der Waals surface area contributed by atoms with Gasteiger partial charge in [-0.15, -0.1) is 0 Å². The van der Waals surface area contributed by atoms with Gasteiger partial charge in [0.2, 0.25) is 5.95 Å². The third-order valence-corrected chi connectivity index (χ3v) is 2.58. The molecule has 0 radical (unpaired) electrons. The van der Waals surface area contributed by atoms with Crippen LogP contribution in [0.15, 0.2) is 0 Å². The number of nitrogens with zero attached hydrogens (tertiary/aromatic N) is 5. The van der Waals surface area contributed by atoms with Gasteiger partial charge in [0.15, 0.2) is 0 Å². The number of tetrazole rings is 1. The molecule has 1 aromatic heterocycles. The Bertz CT molecular complexity index is 284. The topological polar surface area (TPSA) is 67.1 Å². The molecule has 0 aromatic carbocycles. The first-order chi connectivity index (χ1) is 7.24. The Morgan fingerprint density at radius 3 is 2.47 bits per heavy atom. The molecule has 1 heterocycles. The van der Waals surface area contributed by atoms with Crippen LogP contribution in [0.25, 0.3) is 0 Å². The van der Waals surface area contributed by atoms with Crippen LogP contribution in [-0.2, 0) is 7.05 Å². The van der Waals surface area contributed by atoms with E-state index in [1.165, 1.54) is 0 Å². The first-order valence-electron chi connectivity index (χ1n) is 5.34. The predicted octanol–water partition coefficient (Wildman–Crippen LogP) is 0.197. The molecule has 1 rings (SSSR count). The SMILES string of the molecule is CCC(CC)N(CCO)c1nnnn1C. The minimum Gasteiger partial charge on any atom is -0.395 e. The molecule has 6 nitrogen and oxygen atoms in total. The molecule has 0 saturated carbocycles. The van der Waals surface area contributed by atoms with E-state index >= 15 is 0 Å². The molecule has 0 aliphatic rings. The summed E-state index contributed by atoms with van der Waals surface area (Å²) in [5, 5.41) is 20.4. The lowest BCUT2D eigenvalue weighted by molar-refractivity contribution is 0.294. The normalized spacial score (nSPS) is 11.0. The highest BCUT2D eigenvalue weighted by Crippen LogP contribution is 2.15. The van der Waals surface area contributed by atoms with Crippen molar-refractivity contribution in [3.05, 3.63) is 0 Å². The Hall–Kier alpha value is -1.17. The Morgan fingerprint density at radius 2 is 2.07 bits per heavy atom. The van der Waals surface area contributed by atoms with E-state index in [2.05, 4.69) is 34.3 Å². The van der Waals surface area contributed by atoms with Crippen molar-refractivity contribution in [1.82, 2.24) is 20.2 Å². The van der Waals surface area contributed by atoms with Crippen LogP contribution >= 0.6 is 0 Å². The summed E-state index contributed by atoms with van der Waals surface area (Å²) in [5.41, 5.74) is 0. The van der Waals surface area contributed by atoms with Gasteiger partial charge in [0, 0.05) is 19.6 Å². The van der Waals surface area contributed by atoms with E-state index in [0.29, 0.717) is 12.6 Å². The zero-order valence-corrected chi connectivity index (χ0v) is 9.59. The summed E-state index contributed by atoms with van der Waals surface area (Å²) in [5.74, 6) is 0.720. The van der Waals surface area contributed by atoms with Crippen molar-refractivity contribution in [2.45, 2.75) is 32.7 Å². The first-order valence-corrected chi connectivity index (χ1v) is 5.34. The molecule has 0 amide bonds. The van der Waals surface area contributed by atoms with Crippen LogP contribution in [0, 0.1) is 0 Å².